The van der Waals surface area contributed by atoms with E-state index in [2.05, 4.69) is 13.8 Å². The third kappa shape index (κ3) is 4.40. The Hall–Kier alpha value is -3.86. The van der Waals surface area contributed by atoms with Gasteiger partial charge in [0.25, 0.3) is 11.7 Å². The normalized spacial score (nSPS) is 17.6. The van der Waals surface area contributed by atoms with Gasteiger partial charge in [-0.25, -0.2) is 0 Å². The number of likely N-dealkylation sites (tertiary alicyclic amines) is 1. The summed E-state index contributed by atoms with van der Waals surface area (Å²) in [6.45, 7) is 4.48. The summed E-state index contributed by atoms with van der Waals surface area (Å²) in [5.74, 6) is -0.618. The van der Waals surface area contributed by atoms with E-state index in [1.165, 1.54) is 12.0 Å². The lowest BCUT2D eigenvalue weighted by atomic mass is 9.93. The Morgan fingerprint density at radius 3 is 2.30 bits per heavy atom. The Balaban J connectivity index is 1.85. The van der Waals surface area contributed by atoms with Crippen LogP contribution in [0.5, 0.6) is 5.75 Å². The average molecular weight is 442 g/mol. The number of methoxy groups -OCH3 is 1. The number of benzene rings is 3. The predicted octanol–water partition coefficient (Wildman–Crippen LogP) is 5.44. The molecule has 168 valence electrons. The predicted molar refractivity (Wildman–Crippen MR) is 128 cm³/mol. The highest BCUT2D eigenvalue weighted by Crippen LogP contribution is 2.40. The van der Waals surface area contributed by atoms with Crippen LogP contribution < -0.4 is 4.74 Å². The van der Waals surface area contributed by atoms with Gasteiger partial charge in [0.15, 0.2) is 0 Å². The van der Waals surface area contributed by atoms with Crippen molar-refractivity contribution < 1.29 is 19.4 Å². The largest absolute Gasteiger partial charge is 0.507 e. The molecule has 1 N–H and O–H groups in total. The van der Waals surface area contributed by atoms with E-state index in [-0.39, 0.29) is 17.9 Å². The van der Waals surface area contributed by atoms with E-state index in [9.17, 15) is 14.7 Å². The van der Waals surface area contributed by atoms with Crippen LogP contribution in [0.1, 0.15) is 48.1 Å². The molecule has 1 saturated heterocycles. The van der Waals surface area contributed by atoms with Crippen molar-refractivity contribution in [1.82, 2.24) is 4.90 Å². The van der Waals surface area contributed by atoms with E-state index in [1.807, 2.05) is 54.6 Å². The van der Waals surface area contributed by atoms with E-state index < -0.39 is 17.7 Å². The molecule has 3 aromatic carbocycles. The summed E-state index contributed by atoms with van der Waals surface area (Å²) >= 11 is 0. The van der Waals surface area contributed by atoms with Gasteiger partial charge in [0.2, 0.25) is 0 Å². The summed E-state index contributed by atoms with van der Waals surface area (Å²) in [5.41, 5.74) is 3.35. The summed E-state index contributed by atoms with van der Waals surface area (Å²) in [7, 11) is 1.54. The highest BCUT2D eigenvalue weighted by Gasteiger charge is 2.46. The van der Waals surface area contributed by atoms with E-state index in [0.717, 1.165) is 16.7 Å². The van der Waals surface area contributed by atoms with E-state index in [1.54, 1.807) is 24.3 Å². The number of carbonyl (C=O) groups is 2. The second-order valence-electron chi connectivity index (χ2n) is 8.47. The smallest absolute Gasteiger partial charge is 0.295 e. The number of hydrogen-bond donors (Lipinski definition) is 1. The fourth-order valence-corrected chi connectivity index (χ4v) is 4.16. The number of rotatable bonds is 6. The Kier molecular flexibility index (Phi) is 6.31. The number of ether oxygens (including phenoxy) is 1. The van der Waals surface area contributed by atoms with Gasteiger partial charge < -0.3 is 14.7 Å². The molecule has 0 bridgehead atoms. The lowest BCUT2D eigenvalue weighted by Gasteiger charge is -2.26. The molecule has 1 amide bonds. The minimum atomic E-state index is -0.697. The Morgan fingerprint density at radius 2 is 1.67 bits per heavy atom. The molecule has 1 aliphatic rings. The molecule has 4 rings (SSSR count). The highest BCUT2D eigenvalue weighted by atomic mass is 16.5. The Bertz CT molecular complexity index is 1200. The monoisotopic (exact) mass is 441 g/mol. The van der Waals surface area contributed by atoms with Crippen molar-refractivity contribution in [3.63, 3.8) is 0 Å². The number of amides is 1. The maximum Gasteiger partial charge on any atom is 0.295 e. The van der Waals surface area contributed by atoms with Gasteiger partial charge in [0, 0.05) is 12.1 Å². The molecule has 1 aliphatic heterocycles. The number of aliphatic hydroxyl groups is 1. The molecule has 33 heavy (non-hydrogen) atoms. The highest BCUT2D eigenvalue weighted by molar-refractivity contribution is 6.46. The number of aliphatic hydroxyl groups excluding tert-OH is 1. The van der Waals surface area contributed by atoms with Gasteiger partial charge >= 0.3 is 0 Å². The standard InChI is InChI=1S/C28H27NO4/c1-18(2)20-12-14-21(15-13-20)25-24(26(30)22-10-7-11-23(16-22)33-3)27(31)28(32)29(25)17-19-8-5-4-6-9-19/h4-16,18,25,30H,17H2,1-3H3/b26-24+. The van der Waals surface area contributed by atoms with Crippen molar-refractivity contribution in [3.8, 4) is 5.75 Å². The molecule has 0 aliphatic carbocycles. The minimum Gasteiger partial charge on any atom is -0.507 e. The molecular weight excluding hydrogens is 414 g/mol. The number of hydrogen-bond acceptors (Lipinski definition) is 4. The molecule has 3 aromatic rings. The Morgan fingerprint density at radius 1 is 0.970 bits per heavy atom. The van der Waals surface area contributed by atoms with Crippen LogP contribution in [0.25, 0.3) is 5.76 Å². The van der Waals surface area contributed by atoms with Gasteiger partial charge in [-0.1, -0.05) is 80.6 Å². The number of Topliss-reactive ketones (excluding diaryl/α,β-unsaturated/α-hetero) is 1. The number of carbonyl (C=O) groups excluding carboxylic acids is 2. The minimum absolute atomic E-state index is 0.0847. The summed E-state index contributed by atoms with van der Waals surface area (Å²) in [6, 6.07) is 23.6. The van der Waals surface area contributed by atoms with Gasteiger partial charge in [-0.2, -0.15) is 0 Å². The molecule has 5 nitrogen and oxygen atoms in total. The molecule has 0 spiro atoms. The van der Waals surface area contributed by atoms with Crippen LogP contribution in [0.4, 0.5) is 0 Å². The molecule has 1 heterocycles. The van der Waals surface area contributed by atoms with E-state index >= 15 is 0 Å². The van der Waals surface area contributed by atoms with Gasteiger partial charge in [-0.05, 0) is 34.7 Å². The fraction of sp³-hybridized carbons (Fsp3) is 0.214. The zero-order chi connectivity index (χ0) is 23.5. The van der Waals surface area contributed by atoms with Crippen molar-refractivity contribution in [2.24, 2.45) is 0 Å². The first-order valence-corrected chi connectivity index (χ1v) is 11.0. The second-order valence-corrected chi connectivity index (χ2v) is 8.47. The summed E-state index contributed by atoms with van der Waals surface area (Å²) in [4.78, 5) is 27.9. The molecule has 1 fully saturated rings. The average Bonchev–Trinajstić information content (AvgIpc) is 3.09. The third-order valence-electron chi connectivity index (χ3n) is 6.00. The van der Waals surface area contributed by atoms with E-state index in [0.29, 0.717) is 17.2 Å². The van der Waals surface area contributed by atoms with Crippen molar-refractivity contribution in [2.75, 3.05) is 7.11 Å². The molecular formula is C28H27NO4. The lowest BCUT2D eigenvalue weighted by Crippen LogP contribution is -2.29. The Labute approximate surface area is 193 Å². The molecule has 0 aromatic heterocycles. The van der Waals surface area contributed by atoms with E-state index in [4.69, 9.17) is 4.74 Å². The molecule has 1 unspecified atom stereocenters. The maximum atomic E-state index is 13.2. The van der Waals surface area contributed by atoms with Crippen LogP contribution in [-0.4, -0.2) is 28.8 Å². The summed E-state index contributed by atoms with van der Waals surface area (Å²) in [5, 5.41) is 11.2. The molecule has 1 atom stereocenters. The van der Waals surface area contributed by atoms with Crippen LogP contribution in [0.15, 0.2) is 84.4 Å². The van der Waals surface area contributed by atoms with Crippen LogP contribution >= 0.6 is 0 Å². The quantitative estimate of drug-likeness (QED) is 0.314. The SMILES string of the molecule is COc1cccc(/C(O)=C2\C(=O)C(=O)N(Cc3ccccc3)C2c2ccc(C(C)C)cc2)c1. The fourth-order valence-electron chi connectivity index (χ4n) is 4.16. The second kappa shape index (κ2) is 9.33. The summed E-state index contributed by atoms with van der Waals surface area (Å²) < 4.78 is 5.27. The molecule has 0 radical (unpaired) electrons. The molecule has 0 saturated carbocycles. The third-order valence-corrected chi connectivity index (χ3v) is 6.00. The van der Waals surface area contributed by atoms with Gasteiger partial charge in [0.1, 0.15) is 11.5 Å². The number of ketones is 1. The zero-order valence-electron chi connectivity index (χ0n) is 19.0. The maximum absolute atomic E-state index is 13.2. The van der Waals surface area contributed by atoms with Crippen LogP contribution in [-0.2, 0) is 16.1 Å². The first-order valence-electron chi connectivity index (χ1n) is 11.0. The van der Waals surface area contributed by atoms with Crippen LogP contribution in [0, 0.1) is 0 Å². The summed E-state index contributed by atoms with van der Waals surface area (Å²) in [6.07, 6.45) is 0. The lowest BCUT2D eigenvalue weighted by molar-refractivity contribution is -0.140. The zero-order valence-corrected chi connectivity index (χ0v) is 19.0. The van der Waals surface area contributed by atoms with Crippen molar-refractivity contribution in [3.05, 3.63) is 107 Å². The van der Waals surface area contributed by atoms with Crippen molar-refractivity contribution in [1.29, 1.82) is 0 Å². The van der Waals surface area contributed by atoms with Gasteiger partial charge in [-0.15, -0.1) is 0 Å². The van der Waals surface area contributed by atoms with Crippen molar-refractivity contribution >= 4 is 17.4 Å². The van der Waals surface area contributed by atoms with Crippen molar-refractivity contribution in [2.45, 2.75) is 32.4 Å². The van der Waals surface area contributed by atoms with Crippen LogP contribution in [0.2, 0.25) is 0 Å². The van der Waals surface area contributed by atoms with Gasteiger partial charge in [-0.3, -0.25) is 9.59 Å². The first-order chi connectivity index (χ1) is 15.9. The first kappa shape index (κ1) is 22.3. The van der Waals surface area contributed by atoms with Gasteiger partial charge in [0.05, 0.1) is 18.7 Å². The van der Waals surface area contributed by atoms with Crippen LogP contribution in [0.3, 0.4) is 0 Å². The molecule has 5 heteroatoms. The number of nitrogens with zero attached hydrogens (tertiary/aromatic N) is 1. The topological polar surface area (TPSA) is 66.8 Å².